The highest BCUT2D eigenvalue weighted by molar-refractivity contribution is 5.76. The number of likely N-dealkylation sites (tertiary alicyclic amines) is 1. The van der Waals surface area contributed by atoms with Crippen LogP contribution in [0.1, 0.15) is 44.1 Å². The van der Waals surface area contributed by atoms with Gasteiger partial charge < -0.3 is 19.7 Å². The smallest absolute Gasteiger partial charge is 0.220 e. The molecular formula is C24H34N4O3. The molecule has 0 radical (unpaired) electrons. The van der Waals surface area contributed by atoms with Crippen molar-refractivity contribution < 1.29 is 14.3 Å². The second kappa shape index (κ2) is 11.2. The summed E-state index contributed by atoms with van der Waals surface area (Å²) in [6.07, 6.45) is 10.7. The third-order valence-corrected chi connectivity index (χ3v) is 5.98. The van der Waals surface area contributed by atoms with Gasteiger partial charge in [0.2, 0.25) is 5.91 Å². The lowest BCUT2D eigenvalue weighted by molar-refractivity contribution is -0.122. The Hall–Kier alpha value is -2.54. The Morgan fingerprint density at radius 2 is 1.94 bits per heavy atom. The molecular weight excluding hydrogens is 392 g/mol. The number of carbonyl (C=O) groups is 1. The predicted octanol–water partition coefficient (Wildman–Crippen LogP) is 3.04. The molecule has 2 aliphatic heterocycles. The zero-order valence-electron chi connectivity index (χ0n) is 18.3. The van der Waals surface area contributed by atoms with Crippen molar-refractivity contribution in [2.75, 3.05) is 32.8 Å². The van der Waals surface area contributed by atoms with E-state index in [0.29, 0.717) is 19.6 Å². The van der Waals surface area contributed by atoms with Crippen molar-refractivity contribution in [3.63, 3.8) is 0 Å². The normalized spacial score (nSPS) is 16.9. The van der Waals surface area contributed by atoms with Crippen LogP contribution in [0.3, 0.4) is 0 Å². The molecule has 1 saturated heterocycles. The highest BCUT2D eigenvalue weighted by atomic mass is 16.6. The fourth-order valence-corrected chi connectivity index (χ4v) is 4.41. The van der Waals surface area contributed by atoms with Crippen molar-refractivity contribution in [1.29, 1.82) is 0 Å². The number of ether oxygens (including phenoxy) is 2. The molecule has 0 saturated carbocycles. The number of fused-ring (bicyclic) bond motifs is 1. The van der Waals surface area contributed by atoms with Gasteiger partial charge in [-0.05, 0) is 69.0 Å². The molecule has 1 atom stereocenters. The number of hydrogen-bond donors (Lipinski definition) is 1. The number of amides is 1. The number of aryl methyl sites for hydroxylation is 1. The van der Waals surface area contributed by atoms with E-state index in [0.717, 1.165) is 63.4 Å². The third-order valence-electron chi connectivity index (χ3n) is 5.98. The molecule has 2 aromatic rings. The molecule has 7 nitrogen and oxygen atoms in total. The second-order valence-corrected chi connectivity index (χ2v) is 8.53. The predicted molar refractivity (Wildman–Crippen MR) is 119 cm³/mol. The largest absolute Gasteiger partial charge is 0.486 e. The molecule has 0 spiro atoms. The van der Waals surface area contributed by atoms with Gasteiger partial charge in [-0.25, -0.2) is 0 Å². The number of rotatable bonds is 11. The Balaban J connectivity index is 1.26. The average molecular weight is 427 g/mol. The van der Waals surface area contributed by atoms with Crippen LogP contribution in [0, 0.1) is 0 Å². The van der Waals surface area contributed by atoms with Crippen molar-refractivity contribution in [2.24, 2.45) is 0 Å². The zero-order valence-corrected chi connectivity index (χ0v) is 18.3. The van der Waals surface area contributed by atoms with Crippen molar-refractivity contribution in [1.82, 2.24) is 20.0 Å². The SMILES string of the molecule is O=C(CCCCCn1cccn1)NC(Cc1ccc2c(c1)OCCO2)CN1CCCC1. The van der Waals surface area contributed by atoms with Gasteiger partial charge >= 0.3 is 0 Å². The molecule has 0 aliphatic carbocycles. The number of hydrogen-bond acceptors (Lipinski definition) is 5. The number of nitrogens with zero attached hydrogens (tertiary/aromatic N) is 3. The van der Waals surface area contributed by atoms with Crippen LogP contribution in [-0.2, 0) is 17.8 Å². The second-order valence-electron chi connectivity index (χ2n) is 8.53. The number of aromatic nitrogens is 2. The van der Waals surface area contributed by atoms with E-state index >= 15 is 0 Å². The zero-order chi connectivity index (χ0) is 21.3. The van der Waals surface area contributed by atoms with Crippen LogP contribution in [-0.4, -0.2) is 59.5 Å². The lowest BCUT2D eigenvalue weighted by atomic mass is 10.0. The van der Waals surface area contributed by atoms with E-state index in [-0.39, 0.29) is 11.9 Å². The first-order valence-electron chi connectivity index (χ1n) is 11.6. The highest BCUT2D eigenvalue weighted by Gasteiger charge is 2.21. The molecule has 1 aromatic heterocycles. The molecule has 1 N–H and O–H groups in total. The highest BCUT2D eigenvalue weighted by Crippen LogP contribution is 2.31. The third kappa shape index (κ3) is 6.72. The maximum absolute atomic E-state index is 12.7. The summed E-state index contributed by atoms with van der Waals surface area (Å²) in [4.78, 5) is 15.1. The molecule has 168 valence electrons. The van der Waals surface area contributed by atoms with E-state index in [1.54, 1.807) is 6.20 Å². The first-order chi connectivity index (χ1) is 15.3. The summed E-state index contributed by atoms with van der Waals surface area (Å²) >= 11 is 0. The summed E-state index contributed by atoms with van der Waals surface area (Å²) in [5.41, 5.74) is 1.17. The van der Waals surface area contributed by atoms with Gasteiger partial charge in [-0.2, -0.15) is 5.10 Å². The van der Waals surface area contributed by atoms with E-state index in [4.69, 9.17) is 9.47 Å². The maximum atomic E-state index is 12.7. The van der Waals surface area contributed by atoms with E-state index in [2.05, 4.69) is 27.4 Å². The van der Waals surface area contributed by atoms with Crippen LogP contribution in [0.25, 0.3) is 0 Å². The van der Waals surface area contributed by atoms with Crippen molar-refractivity contribution in [3.8, 4) is 11.5 Å². The first kappa shape index (κ1) is 21.7. The molecule has 1 amide bonds. The summed E-state index contributed by atoms with van der Waals surface area (Å²) in [6, 6.07) is 8.18. The Morgan fingerprint density at radius 3 is 2.74 bits per heavy atom. The number of carbonyl (C=O) groups excluding carboxylic acids is 1. The lowest BCUT2D eigenvalue weighted by Gasteiger charge is -2.25. The number of nitrogens with one attached hydrogen (secondary N) is 1. The van der Waals surface area contributed by atoms with Gasteiger partial charge in [0, 0.05) is 37.9 Å². The van der Waals surface area contributed by atoms with Crippen LogP contribution in [0.2, 0.25) is 0 Å². The van der Waals surface area contributed by atoms with Crippen LogP contribution in [0.15, 0.2) is 36.7 Å². The van der Waals surface area contributed by atoms with E-state index in [1.807, 2.05) is 23.0 Å². The first-order valence-corrected chi connectivity index (χ1v) is 11.6. The molecule has 2 aliphatic rings. The number of unbranched alkanes of at least 4 members (excludes halogenated alkanes) is 2. The Morgan fingerprint density at radius 1 is 1.10 bits per heavy atom. The fraction of sp³-hybridized carbons (Fsp3) is 0.583. The Labute approximate surface area is 184 Å². The molecule has 0 bridgehead atoms. The van der Waals surface area contributed by atoms with Crippen molar-refractivity contribution >= 4 is 5.91 Å². The lowest BCUT2D eigenvalue weighted by Crippen LogP contribution is -2.44. The van der Waals surface area contributed by atoms with Crippen LogP contribution >= 0.6 is 0 Å². The van der Waals surface area contributed by atoms with Gasteiger partial charge in [-0.3, -0.25) is 9.48 Å². The summed E-state index contributed by atoms with van der Waals surface area (Å²) in [6.45, 7) is 5.25. The van der Waals surface area contributed by atoms with Crippen molar-refractivity contribution in [2.45, 2.75) is 57.5 Å². The molecule has 3 heterocycles. The molecule has 1 fully saturated rings. The average Bonchev–Trinajstić information content (AvgIpc) is 3.48. The fourth-order valence-electron chi connectivity index (χ4n) is 4.41. The van der Waals surface area contributed by atoms with E-state index < -0.39 is 0 Å². The standard InChI is InChI=1S/C24H34N4O3/c29-24(7-2-1-3-13-28-14-6-10-25-28)26-21(19-27-11-4-5-12-27)17-20-8-9-22-23(18-20)31-16-15-30-22/h6,8-10,14,18,21H,1-5,7,11-13,15-17,19H2,(H,26,29). The molecule has 31 heavy (non-hydrogen) atoms. The van der Waals surface area contributed by atoms with Crippen LogP contribution < -0.4 is 14.8 Å². The molecule has 4 rings (SSSR count). The summed E-state index contributed by atoms with van der Waals surface area (Å²) in [5, 5.41) is 7.53. The van der Waals surface area contributed by atoms with E-state index in [9.17, 15) is 4.79 Å². The Kier molecular flexibility index (Phi) is 7.82. The van der Waals surface area contributed by atoms with Crippen LogP contribution in [0.5, 0.6) is 11.5 Å². The van der Waals surface area contributed by atoms with Gasteiger partial charge in [-0.1, -0.05) is 12.5 Å². The molecule has 1 aromatic carbocycles. The van der Waals surface area contributed by atoms with E-state index in [1.165, 1.54) is 18.4 Å². The van der Waals surface area contributed by atoms with Gasteiger partial charge in [0.1, 0.15) is 13.2 Å². The summed E-state index contributed by atoms with van der Waals surface area (Å²) in [5.74, 6) is 1.78. The maximum Gasteiger partial charge on any atom is 0.220 e. The van der Waals surface area contributed by atoms with Gasteiger partial charge in [0.15, 0.2) is 11.5 Å². The minimum absolute atomic E-state index is 0.109. The van der Waals surface area contributed by atoms with Crippen LogP contribution in [0.4, 0.5) is 0 Å². The van der Waals surface area contributed by atoms with Gasteiger partial charge in [-0.15, -0.1) is 0 Å². The topological polar surface area (TPSA) is 68.6 Å². The molecule has 1 unspecified atom stereocenters. The van der Waals surface area contributed by atoms with Gasteiger partial charge in [0.25, 0.3) is 0 Å². The quantitative estimate of drug-likeness (QED) is 0.560. The van der Waals surface area contributed by atoms with Crippen molar-refractivity contribution in [3.05, 3.63) is 42.2 Å². The minimum Gasteiger partial charge on any atom is -0.486 e. The summed E-state index contributed by atoms with van der Waals surface area (Å²) in [7, 11) is 0. The Bertz CT molecular complexity index is 818. The number of benzene rings is 1. The monoisotopic (exact) mass is 426 g/mol. The molecule has 7 heteroatoms. The minimum atomic E-state index is 0.109. The van der Waals surface area contributed by atoms with Gasteiger partial charge in [0.05, 0.1) is 0 Å². The summed E-state index contributed by atoms with van der Waals surface area (Å²) < 4.78 is 13.3.